The molecule has 0 N–H and O–H groups in total. The molecular weight excluding hydrogens is 320 g/mol. The van der Waals surface area contributed by atoms with Crippen LogP contribution in [0.3, 0.4) is 0 Å². The van der Waals surface area contributed by atoms with Crippen molar-refractivity contribution in [1.29, 1.82) is 0 Å². The summed E-state index contributed by atoms with van der Waals surface area (Å²) in [5, 5.41) is 0. The zero-order chi connectivity index (χ0) is 14.5. The van der Waals surface area contributed by atoms with Gasteiger partial charge in [0.1, 0.15) is 11.5 Å². The Morgan fingerprint density at radius 3 is 2.35 bits per heavy atom. The third kappa shape index (κ3) is 3.37. The van der Waals surface area contributed by atoms with Crippen molar-refractivity contribution in [3.05, 3.63) is 47.4 Å². The molecule has 20 heavy (non-hydrogen) atoms. The summed E-state index contributed by atoms with van der Waals surface area (Å²) < 4.78 is 16.9. The first-order chi connectivity index (χ1) is 9.65. The molecule has 0 bridgehead atoms. The Morgan fingerprint density at radius 1 is 1.05 bits per heavy atom. The van der Waals surface area contributed by atoms with Crippen LogP contribution in [-0.2, 0) is 0 Å². The van der Waals surface area contributed by atoms with Gasteiger partial charge in [-0.3, -0.25) is 0 Å². The summed E-state index contributed by atoms with van der Waals surface area (Å²) in [7, 11) is 0. The minimum atomic E-state index is 0.00563. The van der Waals surface area contributed by atoms with Crippen LogP contribution < -0.4 is 9.47 Å². The summed E-state index contributed by atoms with van der Waals surface area (Å²) in [6.07, 6.45) is 0. The molecule has 2 aromatic rings. The minimum absolute atomic E-state index is 0.00563. The van der Waals surface area contributed by atoms with E-state index >= 15 is 0 Å². The van der Waals surface area contributed by atoms with Crippen LogP contribution in [0.5, 0.6) is 11.5 Å². The maximum atomic E-state index is 5.66. The monoisotopic (exact) mass is 338 g/mol. The number of ether oxygens (including phenoxy) is 2. The molecular formula is C16H19BrO3. The first-order valence-electron chi connectivity index (χ1n) is 6.75. The Kier molecular flexibility index (Phi) is 5.12. The molecule has 0 spiro atoms. The molecule has 0 aliphatic carbocycles. The molecule has 1 atom stereocenters. The van der Waals surface area contributed by atoms with Crippen molar-refractivity contribution in [3.8, 4) is 11.5 Å². The fraction of sp³-hybridized carbons (Fsp3) is 0.375. The van der Waals surface area contributed by atoms with E-state index in [4.69, 9.17) is 13.9 Å². The van der Waals surface area contributed by atoms with E-state index in [0.717, 1.165) is 28.6 Å². The van der Waals surface area contributed by atoms with Crippen molar-refractivity contribution in [2.75, 3.05) is 13.2 Å². The standard InChI is InChI=1S/C16H19BrO3/c1-4-18-13-9-7-12(10-15(13)19-5-2)16(17)14-8-6-11(3)20-14/h6-10,16H,4-5H2,1-3H3. The molecule has 1 heterocycles. The van der Waals surface area contributed by atoms with Crippen LogP contribution in [0.15, 0.2) is 34.7 Å². The van der Waals surface area contributed by atoms with Gasteiger partial charge in [0.15, 0.2) is 11.5 Å². The molecule has 0 amide bonds. The van der Waals surface area contributed by atoms with Crippen LogP contribution >= 0.6 is 15.9 Å². The zero-order valence-electron chi connectivity index (χ0n) is 12.0. The molecule has 1 aromatic carbocycles. The highest BCUT2D eigenvalue weighted by atomic mass is 79.9. The Morgan fingerprint density at radius 2 is 1.75 bits per heavy atom. The van der Waals surface area contributed by atoms with Gasteiger partial charge in [0.2, 0.25) is 0 Å². The van der Waals surface area contributed by atoms with E-state index in [9.17, 15) is 0 Å². The molecule has 1 unspecified atom stereocenters. The number of furan rings is 1. The number of rotatable bonds is 6. The molecule has 2 rings (SSSR count). The van der Waals surface area contributed by atoms with Gasteiger partial charge in [-0.25, -0.2) is 0 Å². The average molecular weight is 339 g/mol. The molecule has 4 heteroatoms. The number of alkyl halides is 1. The van der Waals surface area contributed by atoms with Crippen LogP contribution in [0, 0.1) is 6.92 Å². The molecule has 0 fully saturated rings. The molecule has 0 aliphatic rings. The summed E-state index contributed by atoms with van der Waals surface area (Å²) in [5.41, 5.74) is 1.08. The second-order valence-electron chi connectivity index (χ2n) is 4.38. The van der Waals surface area contributed by atoms with Gasteiger partial charge in [-0.1, -0.05) is 22.0 Å². The normalized spacial score (nSPS) is 12.2. The van der Waals surface area contributed by atoms with E-state index in [0.29, 0.717) is 13.2 Å². The maximum Gasteiger partial charge on any atom is 0.161 e. The molecule has 0 saturated heterocycles. The Hall–Kier alpha value is -1.42. The summed E-state index contributed by atoms with van der Waals surface area (Å²) in [6, 6.07) is 9.89. The van der Waals surface area contributed by atoms with Crippen molar-refractivity contribution in [1.82, 2.24) is 0 Å². The lowest BCUT2D eigenvalue weighted by Gasteiger charge is -2.14. The van der Waals surface area contributed by atoms with Gasteiger partial charge in [-0.05, 0) is 50.6 Å². The highest BCUT2D eigenvalue weighted by Gasteiger charge is 2.16. The lowest BCUT2D eigenvalue weighted by molar-refractivity contribution is 0.287. The van der Waals surface area contributed by atoms with Crippen LogP contribution in [0.2, 0.25) is 0 Å². The SMILES string of the molecule is CCOc1ccc(C(Br)c2ccc(C)o2)cc1OCC. The predicted octanol–water partition coefficient (Wildman–Crippen LogP) is 4.87. The van der Waals surface area contributed by atoms with Crippen LogP contribution in [-0.4, -0.2) is 13.2 Å². The van der Waals surface area contributed by atoms with Gasteiger partial charge in [-0.2, -0.15) is 0 Å². The first-order valence-corrected chi connectivity index (χ1v) is 7.67. The summed E-state index contributed by atoms with van der Waals surface area (Å²) in [4.78, 5) is 0.00563. The maximum absolute atomic E-state index is 5.66. The summed E-state index contributed by atoms with van der Waals surface area (Å²) in [6.45, 7) is 7.09. The highest BCUT2D eigenvalue weighted by molar-refractivity contribution is 9.09. The minimum Gasteiger partial charge on any atom is -0.490 e. The lowest BCUT2D eigenvalue weighted by Crippen LogP contribution is -2.00. The molecule has 1 aromatic heterocycles. The van der Waals surface area contributed by atoms with Crippen LogP contribution in [0.1, 0.15) is 35.8 Å². The van der Waals surface area contributed by atoms with Crippen LogP contribution in [0.4, 0.5) is 0 Å². The molecule has 0 radical (unpaired) electrons. The van der Waals surface area contributed by atoms with Crippen molar-refractivity contribution >= 4 is 15.9 Å². The molecule has 0 aliphatic heterocycles. The Bertz CT molecular complexity index is 563. The fourth-order valence-electron chi connectivity index (χ4n) is 1.98. The number of halogens is 1. The third-order valence-electron chi connectivity index (χ3n) is 2.87. The first kappa shape index (κ1) is 15.0. The van der Waals surface area contributed by atoms with Crippen molar-refractivity contribution in [2.45, 2.75) is 25.6 Å². The van der Waals surface area contributed by atoms with E-state index in [1.807, 2.05) is 51.1 Å². The predicted molar refractivity (Wildman–Crippen MR) is 83.0 cm³/mol. The number of hydrogen-bond acceptors (Lipinski definition) is 3. The van der Waals surface area contributed by atoms with Gasteiger partial charge < -0.3 is 13.9 Å². The molecule has 3 nitrogen and oxygen atoms in total. The smallest absolute Gasteiger partial charge is 0.161 e. The van der Waals surface area contributed by atoms with Gasteiger partial charge in [0.05, 0.1) is 18.0 Å². The largest absolute Gasteiger partial charge is 0.490 e. The van der Waals surface area contributed by atoms with Gasteiger partial charge in [0, 0.05) is 0 Å². The second kappa shape index (κ2) is 6.84. The average Bonchev–Trinajstić information content (AvgIpc) is 2.87. The number of benzene rings is 1. The van der Waals surface area contributed by atoms with Crippen molar-refractivity contribution < 1.29 is 13.9 Å². The topological polar surface area (TPSA) is 31.6 Å². The number of aryl methyl sites for hydroxylation is 1. The number of hydrogen-bond donors (Lipinski definition) is 0. The van der Waals surface area contributed by atoms with Gasteiger partial charge in [0.25, 0.3) is 0 Å². The van der Waals surface area contributed by atoms with E-state index in [1.165, 1.54) is 0 Å². The van der Waals surface area contributed by atoms with Crippen molar-refractivity contribution in [3.63, 3.8) is 0 Å². The van der Waals surface area contributed by atoms with Gasteiger partial charge >= 0.3 is 0 Å². The Labute approximate surface area is 128 Å². The van der Waals surface area contributed by atoms with E-state index < -0.39 is 0 Å². The van der Waals surface area contributed by atoms with E-state index in [2.05, 4.69) is 15.9 Å². The van der Waals surface area contributed by atoms with Gasteiger partial charge in [-0.15, -0.1) is 0 Å². The molecule has 0 saturated carbocycles. The highest BCUT2D eigenvalue weighted by Crippen LogP contribution is 2.37. The van der Waals surface area contributed by atoms with E-state index in [-0.39, 0.29) is 4.83 Å². The van der Waals surface area contributed by atoms with Crippen molar-refractivity contribution in [2.24, 2.45) is 0 Å². The van der Waals surface area contributed by atoms with Crippen LogP contribution in [0.25, 0.3) is 0 Å². The lowest BCUT2D eigenvalue weighted by atomic mass is 10.1. The molecule has 108 valence electrons. The third-order valence-corrected chi connectivity index (χ3v) is 3.85. The Balaban J connectivity index is 2.29. The quantitative estimate of drug-likeness (QED) is 0.704. The zero-order valence-corrected chi connectivity index (χ0v) is 13.6. The summed E-state index contributed by atoms with van der Waals surface area (Å²) >= 11 is 3.67. The summed E-state index contributed by atoms with van der Waals surface area (Å²) in [5.74, 6) is 3.32. The second-order valence-corrected chi connectivity index (χ2v) is 5.30. The van der Waals surface area contributed by atoms with E-state index in [1.54, 1.807) is 0 Å². The fourth-order valence-corrected chi connectivity index (χ4v) is 2.51.